The Hall–Kier alpha value is -2.39. The van der Waals surface area contributed by atoms with Crippen LogP contribution in [0, 0.1) is 0 Å². The third-order valence-electron chi connectivity index (χ3n) is 3.73. The number of hydrogen-bond acceptors (Lipinski definition) is 3. The van der Waals surface area contributed by atoms with E-state index in [1.807, 2.05) is 54.7 Å². The van der Waals surface area contributed by atoms with Crippen LogP contribution in [0.3, 0.4) is 0 Å². The topological polar surface area (TPSA) is 45.2 Å². The first-order valence-corrected chi connectivity index (χ1v) is 7.08. The number of pyridine rings is 1. The van der Waals surface area contributed by atoms with Crippen LogP contribution in [-0.2, 0) is 6.54 Å². The van der Waals surface area contributed by atoms with E-state index in [1.165, 1.54) is 0 Å². The second-order valence-corrected chi connectivity index (χ2v) is 5.19. The lowest BCUT2D eigenvalue weighted by molar-refractivity contribution is 0.458. The third-order valence-corrected chi connectivity index (χ3v) is 3.73. The van der Waals surface area contributed by atoms with Crippen LogP contribution >= 0.6 is 0 Å². The number of benzene rings is 2. The first-order valence-electron chi connectivity index (χ1n) is 7.08. The van der Waals surface area contributed by atoms with E-state index in [-0.39, 0.29) is 6.04 Å². The van der Waals surface area contributed by atoms with Crippen LogP contribution < -0.4 is 5.32 Å². The van der Waals surface area contributed by atoms with Crippen molar-refractivity contribution in [3.8, 4) is 5.75 Å². The van der Waals surface area contributed by atoms with Crippen LogP contribution in [0.2, 0.25) is 0 Å². The first kappa shape index (κ1) is 13.6. The minimum atomic E-state index is 0.0646. The lowest BCUT2D eigenvalue weighted by Gasteiger charge is -2.17. The third kappa shape index (κ3) is 2.88. The maximum atomic E-state index is 10.5. The molecule has 0 bridgehead atoms. The number of phenols is 1. The van der Waals surface area contributed by atoms with Gasteiger partial charge in [0.15, 0.2) is 0 Å². The number of nitrogens with one attached hydrogen (secondary N) is 1. The summed E-state index contributed by atoms with van der Waals surface area (Å²) in [5, 5.41) is 15.8. The number of aromatic nitrogens is 1. The number of rotatable bonds is 4. The highest BCUT2D eigenvalue weighted by atomic mass is 16.3. The highest BCUT2D eigenvalue weighted by Crippen LogP contribution is 2.32. The van der Waals surface area contributed by atoms with Crippen molar-refractivity contribution in [2.75, 3.05) is 0 Å². The lowest BCUT2D eigenvalue weighted by atomic mass is 10.0. The maximum absolute atomic E-state index is 10.5. The van der Waals surface area contributed by atoms with E-state index in [2.05, 4.69) is 17.2 Å². The Morgan fingerprint density at radius 2 is 1.95 bits per heavy atom. The van der Waals surface area contributed by atoms with Crippen molar-refractivity contribution < 1.29 is 5.11 Å². The quantitative estimate of drug-likeness (QED) is 0.763. The standard InChI is InChI=1S/C18H18N2O/c1-13(20-12-14-5-4-10-19-11-14)16-9-8-15-6-2-3-7-17(15)18(16)21/h2-11,13,20-21H,12H2,1H3. The zero-order valence-electron chi connectivity index (χ0n) is 12.0. The van der Waals surface area contributed by atoms with Gasteiger partial charge in [0.1, 0.15) is 5.75 Å². The molecule has 1 aromatic heterocycles. The van der Waals surface area contributed by atoms with Crippen LogP contribution in [0.5, 0.6) is 5.75 Å². The van der Waals surface area contributed by atoms with Crippen molar-refractivity contribution in [3.63, 3.8) is 0 Å². The molecule has 3 rings (SSSR count). The maximum Gasteiger partial charge on any atom is 0.128 e. The molecule has 0 aliphatic rings. The minimum absolute atomic E-state index is 0.0646. The molecular weight excluding hydrogens is 260 g/mol. The highest BCUT2D eigenvalue weighted by molar-refractivity contribution is 5.89. The van der Waals surface area contributed by atoms with Crippen molar-refractivity contribution in [2.45, 2.75) is 19.5 Å². The monoisotopic (exact) mass is 278 g/mol. The summed E-state index contributed by atoms with van der Waals surface area (Å²) in [5.74, 6) is 0.360. The summed E-state index contributed by atoms with van der Waals surface area (Å²) < 4.78 is 0. The first-order chi connectivity index (χ1) is 10.3. The Balaban J connectivity index is 1.81. The number of fused-ring (bicyclic) bond motifs is 1. The zero-order valence-corrected chi connectivity index (χ0v) is 12.0. The van der Waals surface area contributed by atoms with Gasteiger partial charge in [-0.05, 0) is 23.9 Å². The summed E-state index contributed by atoms with van der Waals surface area (Å²) in [7, 11) is 0. The van der Waals surface area contributed by atoms with Crippen molar-refractivity contribution in [3.05, 3.63) is 72.1 Å². The van der Waals surface area contributed by atoms with E-state index < -0.39 is 0 Å². The van der Waals surface area contributed by atoms with Gasteiger partial charge in [-0.1, -0.05) is 42.5 Å². The molecule has 3 nitrogen and oxygen atoms in total. The summed E-state index contributed by atoms with van der Waals surface area (Å²) in [5.41, 5.74) is 2.04. The summed E-state index contributed by atoms with van der Waals surface area (Å²) in [6.45, 7) is 2.78. The van der Waals surface area contributed by atoms with Crippen LogP contribution in [-0.4, -0.2) is 10.1 Å². The van der Waals surface area contributed by atoms with Crippen LogP contribution in [0.25, 0.3) is 10.8 Å². The van der Waals surface area contributed by atoms with E-state index in [9.17, 15) is 5.11 Å². The molecule has 0 amide bonds. The van der Waals surface area contributed by atoms with E-state index in [1.54, 1.807) is 6.20 Å². The van der Waals surface area contributed by atoms with Gasteiger partial charge in [-0.25, -0.2) is 0 Å². The zero-order chi connectivity index (χ0) is 14.7. The summed E-state index contributed by atoms with van der Waals surface area (Å²) in [4.78, 5) is 4.10. The van der Waals surface area contributed by atoms with E-state index in [0.29, 0.717) is 5.75 Å². The fourth-order valence-electron chi connectivity index (χ4n) is 2.51. The molecule has 2 aromatic carbocycles. The molecule has 0 aliphatic heterocycles. The average molecular weight is 278 g/mol. The van der Waals surface area contributed by atoms with Crippen LogP contribution in [0.4, 0.5) is 0 Å². The van der Waals surface area contributed by atoms with Crippen molar-refractivity contribution in [2.24, 2.45) is 0 Å². The van der Waals surface area contributed by atoms with Gasteiger partial charge in [-0.3, -0.25) is 4.98 Å². The normalized spacial score (nSPS) is 12.4. The van der Waals surface area contributed by atoms with Crippen molar-refractivity contribution >= 4 is 10.8 Å². The fourth-order valence-corrected chi connectivity index (χ4v) is 2.51. The fraction of sp³-hybridized carbons (Fsp3) is 0.167. The molecule has 1 unspecified atom stereocenters. The Labute approximate surface area is 124 Å². The molecular formula is C18H18N2O. The smallest absolute Gasteiger partial charge is 0.128 e. The molecule has 1 atom stereocenters. The predicted molar refractivity (Wildman–Crippen MR) is 85.1 cm³/mol. The molecule has 0 radical (unpaired) electrons. The molecule has 0 fully saturated rings. The molecule has 0 aliphatic carbocycles. The molecule has 106 valence electrons. The van der Waals surface area contributed by atoms with Gasteiger partial charge in [0.2, 0.25) is 0 Å². The van der Waals surface area contributed by atoms with Gasteiger partial charge in [0.25, 0.3) is 0 Å². The molecule has 0 spiro atoms. The Morgan fingerprint density at radius 1 is 1.10 bits per heavy atom. The molecule has 21 heavy (non-hydrogen) atoms. The molecule has 1 heterocycles. The van der Waals surface area contributed by atoms with Gasteiger partial charge in [0, 0.05) is 35.9 Å². The Morgan fingerprint density at radius 3 is 2.76 bits per heavy atom. The van der Waals surface area contributed by atoms with Crippen molar-refractivity contribution in [1.82, 2.24) is 10.3 Å². The van der Waals surface area contributed by atoms with Crippen molar-refractivity contribution in [1.29, 1.82) is 0 Å². The second kappa shape index (κ2) is 5.94. The lowest BCUT2D eigenvalue weighted by Crippen LogP contribution is -2.18. The molecule has 3 aromatic rings. The van der Waals surface area contributed by atoms with Gasteiger partial charge < -0.3 is 10.4 Å². The van der Waals surface area contributed by atoms with Crippen LogP contribution in [0.15, 0.2) is 60.9 Å². The Kier molecular flexibility index (Phi) is 3.84. The van der Waals surface area contributed by atoms with E-state index in [4.69, 9.17) is 0 Å². The number of aromatic hydroxyl groups is 1. The molecule has 3 heteroatoms. The molecule has 2 N–H and O–H groups in total. The number of nitrogens with zero attached hydrogens (tertiary/aromatic N) is 1. The molecule has 0 saturated heterocycles. The van der Waals surface area contributed by atoms with Gasteiger partial charge in [-0.15, -0.1) is 0 Å². The van der Waals surface area contributed by atoms with E-state index >= 15 is 0 Å². The average Bonchev–Trinajstić information content (AvgIpc) is 2.54. The van der Waals surface area contributed by atoms with Gasteiger partial charge in [-0.2, -0.15) is 0 Å². The number of hydrogen-bond donors (Lipinski definition) is 2. The second-order valence-electron chi connectivity index (χ2n) is 5.19. The molecule has 0 saturated carbocycles. The number of phenolic OH excluding ortho intramolecular Hbond substituents is 1. The minimum Gasteiger partial charge on any atom is -0.507 e. The highest BCUT2D eigenvalue weighted by Gasteiger charge is 2.12. The largest absolute Gasteiger partial charge is 0.507 e. The summed E-state index contributed by atoms with van der Waals surface area (Å²) >= 11 is 0. The van der Waals surface area contributed by atoms with Crippen LogP contribution in [0.1, 0.15) is 24.1 Å². The SMILES string of the molecule is CC(NCc1cccnc1)c1ccc2ccccc2c1O. The predicted octanol–water partition coefficient (Wildman–Crippen LogP) is 3.79. The van der Waals surface area contributed by atoms with Gasteiger partial charge >= 0.3 is 0 Å². The Bertz CT molecular complexity index is 741. The van der Waals surface area contributed by atoms with E-state index in [0.717, 1.165) is 28.4 Å². The van der Waals surface area contributed by atoms with Gasteiger partial charge in [0.05, 0.1) is 0 Å². The summed E-state index contributed by atoms with van der Waals surface area (Å²) in [6.07, 6.45) is 3.61. The summed E-state index contributed by atoms with van der Waals surface area (Å²) in [6, 6.07) is 15.9.